The first-order chi connectivity index (χ1) is 15.9. The molecule has 0 atom stereocenters. The zero-order chi connectivity index (χ0) is 25.3. The van der Waals surface area contributed by atoms with Crippen molar-refractivity contribution in [2.24, 2.45) is 0 Å². The van der Waals surface area contributed by atoms with E-state index in [-0.39, 0.29) is 12.2 Å². The van der Waals surface area contributed by atoms with Gasteiger partial charge in [-0.3, -0.25) is 14.8 Å². The topological polar surface area (TPSA) is 114 Å². The number of benzene rings is 2. The van der Waals surface area contributed by atoms with Crippen molar-refractivity contribution in [2.45, 2.75) is 32.1 Å². The van der Waals surface area contributed by atoms with Gasteiger partial charge in [-0.05, 0) is 49.2 Å². The average Bonchev–Trinajstić information content (AvgIpc) is 2.96. The summed E-state index contributed by atoms with van der Waals surface area (Å²) in [5.74, 6) is -1.41. The molecule has 2 N–H and O–H groups in total. The molecule has 176 valence electrons. The Balaban J connectivity index is 1.89. The van der Waals surface area contributed by atoms with Gasteiger partial charge < -0.3 is 4.90 Å². The van der Waals surface area contributed by atoms with Crippen LogP contribution in [0.3, 0.4) is 0 Å². The van der Waals surface area contributed by atoms with Crippen LogP contribution in [0.2, 0.25) is 0 Å². The van der Waals surface area contributed by atoms with E-state index in [4.69, 9.17) is 10.5 Å². The molecule has 1 aliphatic heterocycles. The number of anilines is 1. The summed E-state index contributed by atoms with van der Waals surface area (Å²) in [6, 6.07) is 9.98. The second-order valence-corrected chi connectivity index (χ2v) is 7.96. The third-order valence-electron chi connectivity index (χ3n) is 5.37. The Kier molecular flexibility index (Phi) is 6.47. The Morgan fingerprint density at radius 1 is 1.18 bits per heavy atom. The number of nitriles is 1. The van der Waals surface area contributed by atoms with Crippen LogP contribution < -0.4 is 10.4 Å². The third-order valence-corrected chi connectivity index (χ3v) is 5.37. The average molecular weight is 472 g/mol. The van der Waals surface area contributed by atoms with Crippen LogP contribution in [0.15, 0.2) is 48.5 Å². The molecule has 1 saturated heterocycles. The maximum absolute atomic E-state index is 13.4. The van der Waals surface area contributed by atoms with Crippen LogP contribution in [-0.4, -0.2) is 33.5 Å². The minimum Gasteiger partial charge on any atom is -0.305 e. The SMILES string of the molecule is CC1(C)C(=O)N(c2ccc(C#N)c(C(F)(F)F)c2)C(=O)N1Cc1ccc(/C=C/C(=O)NO)cc1. The predicted octanol–water partition coefficient (Wildman–Crippen LogP) is 3.84. The first-order valence-electron chi connectivity index (χ1n) is 9.88. The molecule has 0 spiro atoms. The lowest BCUT2D eigenvalue weighted by molar-refractivity contribution is -0.137. The molecule has 0 bridgehead atoms. The molecule has 2 aromatic carbocycles. The van der Waals surface area contributed by atoms with E-state index in [0.29, 0.717) is 22.1 Å². The highest BCUT2D eigenvalue weighted by Crippen LogP contribution is 2.38. The molecule has 8 nitrogen and oxygen atoms in total. The van der Waals surface area contributed by atoms with Gasteiger partial charge in [0, 0.05) is 12.6 Å². The largest absolute Gasteiger partial charge is 0.417 e. The molecule has 0 aliphatic carbocycles. The highest BCUT2D eigenvalue weighted by Gasteiger charge is 2.52. The van der Waals surface area contributed by atoms with Crippen LogP contribution >= 0.6 is 0 Å². The van der Waals surface area contributed by atoms with Crippen LogP contribution in [0, 0.1) is 11.3 Å². The quantitative estimate of drug-likeness (QED) is 0.297. The van der Waals surface area contributed by atoms with Crippen molar-refractivity contribution in [3.05, 3.63) is 70.8 Å². The second-order valence-electron chi connectivity index (χ2n) is 7.96. The summed E-state index contributed by atoms with van der Waals surface area (Å²) in [6.07, 6.45) is -2.27. The number of imide groups is 1. The van der Waals surface area contributed by atoms with E-state index in [1.165, 1.54) is 36.4 Å². The Bertz CT molecular complexity index is 1210. The second kappa shape index (κ2) is 8.99. The number of amides is 4. The highest BCUT2D eigenvalue weighted by molar-refractivity contribution is 6.23. The Morgan fingerprint density at radius 3 is 2.38 bits per heavy atom. The fourth-order valence-electron chi connectivity index (χ4n) is 3.46. The molecule has 0 saturated carbocycles. The zero-order valence-electron chi connectivity index (χ0n) is 18.1. The number of hydrogen-bond acceptors (Lipinski definition) is 5. The van der Waals surface area contributed by atoms with Gasteiger partial charge >= 0.3 is 12.2 Å². The first kappa shape index (κ1) is 24.5. The van der Waals surface area contributed by atoms with E-state index in [1.807, 2.05) is 0 Å². The number of rotatable bonds is 5. The molecular weight excluding hydrogens is 453 g/mol. The molecule has 4 amide bonds. The fraction of sp³-hybridized carbons (Fsp3) is 0.217. The minimum absolute atomic E-state index is 0.00238. The molecule has 11 heteroatoms. The molecular formula is C23H19F3N4O4. The summed E-state index contributed by atoms with van der Waals surface area (Å²) in [4.78, 5) is 39.2. The van der Waals surface area contributed by atoms with Crippen LogP contribution in [0.4, 0.5) is 23.7 Å². The number of nitrogens with zero attached hydrogens (tertiary/aromatic N) is 3. The summed E-state index contributed by atoms with van der Waals surface area (Å²) >= 11 is 0. The van der Waals surface area contributed by atoms with Gasteiger partial charge in [-0.25, -0.2) is 15.2 Å². The number of urea groups is 1. The summed E-state index contributed by atoms with van der Waals surface area (Å²) < 4.78 is 40.1. The highest BCUT2D eigenvalue weighted by atomic mass is 19.4. The number of nitrogens with one attached hydrogen (secondary N) is 1. The number of carbonyl (C=O) groups is 3. The molecule has 0 unspecified atom stereocenters. The number of hydroxylamine groups is 1. The molecule has 1 heterocycles. The molecule has 1 aliphatic rings. The smallest absolute Gasteiger partial charge is 0.305 e. The van der Waals surface area contributed by atoms with Gasteiger partial charge in [0.05, 0.1) is 22.9 Å². The van der Waals surface area contributed by atoms with Gasteiger partial charge in [0.15, 0.2) is 0 Å². The van der Waals surface area contributed by atoms with Crippen LogP contribution in [0.5, 0.6) is 0 Å². The maximum Gasteiger partial charge on any atom is 0.417 e. The summed E-state index contributed by atoms with van der Waals surface area (Å²) in [5.41, 5.74) is -0.739. The van der Waals surface area contributed by atoms with Crippen LogP contribution in [-0.2, 0) is 22.3 Å². The lowest BCUT2D eigenvalue weighted by Gasteiger charge is -2.27. The van der Waals surface area contributed by atoms with Gasteiger partial charge in [0.2, 0.25) is 0 Å². The number of halogens is 3. The van der Waals surface area contributed by atoms with Crippen molar-refractivity contribution in [3.63, 3.8) is 0 Å². The molecule has 0 aromatic heterocycles. The lowest BCUT2D eigenvalue weighted by Crippen LogP contribution is -2.43. The fourth-order valence-corrected chi connectivity index (χ4v) is 3.46. The van der Waals surface area contributed by atoms with E-state index in [1.54, 1.807) is 24.3 Å². The van der Waals surface area contributed by atoms with Gasteiger partial charge in [-0.2, -0.15) is 18.4 Å². The van der Waals surface area contributed by atoms with E-state index in [2.05, 4.69) is 0 Å². The van der Waals surface area contributed by atoms with Gasteiger partial charge in [-0.1, -0.05) is 24.3 Å². The van der Waals surface area contributed by atoms with E-state index in [0.717, 1.165) is 18.2 Å². The maximum atomic E-state index is 13.4. The van der Waals surface area contributed by atoms with Crippen molar-refractivity contribution >= 4 is 29.6 Å². The summed E-state index contributed by atoms with van der Waals surface area (Å²) in [6.45, 7) is 2.98. The third kappa shape index (κ3) is 4.62. The predicted molar refractivity (Wildman–Crippen MR) is 114 cm³/mol. The molecule has 0 radical (unpaired) electrons. The minimum atomic E-state index is -4.84. The summed E-state index contributed by atoms with van der Waals surface area (Å²) in [5, 5.41) is 17.5. The van der Waals surface area contributed by atoms with Crippen molar-refractivity contribution in [1.82, 2.24) is 10.4 Å². The Hall–Kier alpha value is -4.17. The number of carbonyl (C=O) groups excluding carboxylic acids is 3. The monoisotopic (exact) mass is 472 g/mol. The molecule has 1 fully saturated rings. The Morgan fingerprint density at radius 2 is 1.82 bits per heavy atom. The van der Waals surface area contributed by atoms with Gasteiger partial charge in [0.1, 0.15) is 5.54 Å². The number of alkyl halides is 3. The summed E-state index contributed by atoms with van der Waals surface area (Å²) in [7, 11) is 0. The van der Waals surface area contributed by atoms with Gasteiger partial charge in [0.25, 0.3) is 11.8 Å². The van der Waals surface area contributed by atoms with Crippen molar-refractivity contribution < 1.29 is 32.8 Å². The van der Waals surface area contributed by atoms with Crippen LogP contribution in [0.1, 0.15) is 36.1 Å². The zero-order valence-corrected chi connectivity index (χ0v) is 18.1. The molecule has 2 aromatic rings. The van der Waals surface area contributed by atoms with E-state index >= 15 is 0 Å². The van der Waals surface area contributed by atoms with Crippen molar-refractivity contribution in [2.75, 3.05) is 4.90 Å². The van der Waals surface area contributed by atoms with Crippen LogP contribution in [0.25, 0.3) is 6.08 Å². The van der Waals surface area contributed by atoms with Crippen molar-refractivity contribution in [3.8, 4) is 6.07 Å². The first-order valence-corrected chi connectivity index (χ1v) is 9.88. The van der Waals surface area contributed by atoms with E-state index < -0.39 is 40.7 Å². The lowest BCUT2D eigenvalue weighted by atomic mass is 10.0. The van der Waals surface area contributed by atoms with Crippen molar-refractivity contribution in [1.29, 1.82) is 5.26 Å². The Labute approximate surface area is 192 Å². The normalized spacial score (nSPS) is 15.7. The number of hydrogen-bond donors (Lipinski definition) is 2. The standard InChI is InChI=1S/C23H19F3N4O4/c1-22(2)20(32)30(17-9-8-16(12-27)18(11-17)23(24,25)26)21(33)29(22)13-15-5-3-14(4-6-15)7-10-19(31)28-34/h3-11,34H,13H2,1-2H3,(H,28,31)/b10-7+. The van der Waals surface area contributed by atoms with Gasteiger partial charge in [-0.15, -0.1) is 0 Å². The molecule has 34 heavy (non-hydrogen) atoms. The van der Waals surface area contributed by atoms with E-state index in [9.17, 15) is 27.6 Å². The molecule has 3 rings (SSSR count).